The molecule has 0 radical (unpaired) electrons. The number of nitrogens with zero attached hydrogens (tertiary/aromatic N) is 2. The summed E-state index contributed by atoms with van der Waals surface area (Å²) in [5.74, 6) is -1.44. The number of carbonyl (C=O) groups excluding carboxylic acids is 2. The summed E-state index contributed by atoms with van der Waals surface area (Å²) >= 11 is 1.43. The molecule has 1 aromatic carbocycles. The topological polar surface area (TPSA) is 84.1 Å². The molecule has 0 fully saturated rings. The van der Waals surface area contributed by atoms with E-state index < -0.39 is 18.5 Å². The van der Waals surface area contributed by atoms with Crippen LogP contribution in [-0.4, -0.2) is 23.1 Å². The first-order chi connectivity index (χ1) is 15.4. The van der Waals surface area contributed by atoms with Crippen LogP contribution in [-0.2, 0) is 22.4 Å². The summed E-state index contributed by atoms with van der Waals surface area (Å²) in [6.45, 7) is 3.15. The van der Waals surface area contributed by atoms with Crippen LogP contribution in [0.5, 0.6) is 0 Å². The van der Waals surface area contributed by atoms with E-state index in [2.05, 4.69) is 11.4 Å². The van der Waals surface area contributed by atoms with Crippen LogP contribution in [0.4, 0.5) is 9.39 Å². The van der Waals surface area contributed by atoms with Gasteiger partial charge in [0.05, 0.1) is 11.1 Å². The third-order valence-corrected chi connectivity index (χ3v) is 6.81. The number of amides is 1. The monoisotopic (exact) mass is 451 g/mol. The van der Waals surface area contributed by atoms with Crippen LogP contribution >= 0.6 is 11.3 Å². The van der Waals surface area contributed by atoms with E-state index >= 15 is 0 Å². The molecule has 32 heavy (non-hydrogen) atoms. The molecule has 1 aliphatic rings. The smallest absolute Gasteiger partial charge is 0.340 e. The summed E-state index contributed by atoms with van der Waals surface area (Å²) < 4.78 is 20.3. The van der Waals surface area contributed by atoms with Crippen LogP contribution in [0.25, 0.3) is 5.69 Å². The zero-order chi connectivity index (χ0) is 22.8. The number of hydrogen-bond donors (Lipinski definition) is 1. The Morgan fingerprint density at radius 3 is 2.66 bits per heavy atom. The molecule has 164 valence electrons. The van der Waals surface area contributed by atoms with Gasteiger partial charge in [-0.3, -0.25) is 4.79 Å². The lowest BCUT2D eigenvalue weighted by Crippen LogP contribution is -2.21. The molecule has 0 aliphatic heterocycles. The van der Waals surface area contributed by atoms with E-state index in [1.165, 1.54) is 23.5 Å². The third kappa shape index (κ3) is 4.16. The molecule has 2 aromatic heterocycles. The minimum Gasteiger partial charge on any atom is -0.452 e. The molecule has 0 bridgehead atoms. The molecule has 1 amide bonds. The van der Waals surface area contributed by atoms with E-state index in [4.69, 9.17) is 4.74 Å². The quantitative estimate of drug-likeness (QED) is 0.563. The molecule has 1 aliphatic carbocycles. The number of esters is 1. The van der Waals surface area contributed by atoms with Gasteiger partial charge in [0.25, 0.3) is 5.91 Å². The fourth-order valence-electron chi connectivity index (χ4n) is 4.10. The van der Waals surface area contributed by atoms with Crippen molar-refractivity contribution in [3.63, 3.8) is 0 Å². The van der Waals surface area contributed by atoms with Gasteiger partial charge in [0.2, 0.25) is 0 Å². The fraction of sp³-hybridized carbons (Fsp3) is 0.292. The Kier molecular flexibility index (Phi) is 6.10. The Morgan fingerprint density at radius 2 is 1.94 bits per heavy atom. The first kappa shape index (κ1) is 21.8. The van der Waals surface area contributed by atoms with Crippen LogP contribution in [0.1, 0.15) is 50.6 Å². The molecule has 0 saturated carbocycles. The summed E-state index contributed by atoms with van der Waals surface area (Å²) in [5, 5.41) is 12.8. The molecule has 0 atom stereocenters. The first-order valence-electron chi connectivity index (χ1n) is 10.4. The molecule has 3 aromatic rings. The normalized spacial score (nSPS) is 12.7. The van der Waals surface area contributed by atoms with E-state index in [1.54, 1.807) is 25.1 Å². The largest absolute Gasteiger partial charge is 0.452 e. The number of rotatable bonds is 5. The van der Waals surface area contributed by atoms with Crippen LogP contribution in [0, 0.1) is 31.0 Å². The zero-order valence-corrected chi connectivity index (χ0v) is 18.6. The molecular formula is C24H22FN3O3S. The number of nitriles is 1. The molecule has 6 nitrogen and oxygen atoms in total. The number of thiophene rings is 1. The lowest BCUT2D eigenvalue weighted by Gasteiger charge is -2.10. The molecule has 4 rings (SSSR count). The number of aryl methyl sites for hydroxylation is 2. The second-order valence-electron chi connectivity index (χ2n) is 7.75. The average molecular weight is 452 g/mol. The summed E-state index contributed by atoms with van der Waals surface area (Å²) in [6, 6.07) is 9.85. The van der Waals surface area contributed by atoms with Gasteiger partial charge in [-0.05, 0) is 75.4 Å². The van der Waals surface area contributed by atoms with Crippen molar-refractivity contribution in [3.8, 4) is 11.8 Å². The number of hydrogen-bond acceptors (Lipinski definition) is 5. The van der Waals surface area contributed by atoms with Crippen LogP contribution in [0.2, 0.25) is 0 Å². The van der Waals surface area contributed by atoms with Gasteiger partial charge in [0, 0.05) is 22.0 Å². The summed E-state index contributed by atoms with van der Waals surface area (Å²) in [4.78, 5) is 26.2. The highest BCUT2D eigenvalue weighted by molar-refractivity contribution is 7.16. The van der Waals surface area contributed by atoms with Gasteiger partial charge in [-0.25, -0.2) is 9.18 Å². The van der Waals surface area contributed by atoms with Gasteiger partial charge < -0.3 is 14.6 Å². The Morgan fingerprint density at radius 1 is 1.22 bits per heavy atom. The number of anilines is 1. The lowest BCUT2D eigenvalue weighted by atomic mass is 9.96. The van der Waals surface area contributed by atoms with Gasteiger partial charge in [-0.15, -0.1) is 11.3 Å². The van der Waals surface area contributed by atoms with Crippen molar-refractivity contribution < 1.29 is 18.7 Å². The predicted molar refractivity (Wildman–Crippen MR) is 120 cm³/mol. The van der Waals surface area contributed by atoms with E-state index in [1.807, 2.05) is 11.5 Å². The number of carbonyl (C=O) groups is 2. The van der Waals surface area contributed by atoms with E-state index in [-0.39, 0.29) is 5.82 Å². The Labute approximate surface area is 189 Å². The van der Waals surface area contributed by atoms with Crippen LogP contribution in [0.15, 0.2) is 30.3 Å². The third-order valence-electron chi connectivity index (χ3n) is 5.61. The van der Waals surface area contributed by atoms with Crippen molar-refractivity contribution in [2.75, 3.05) is 11.9 Å². The van der Waals surface area contributed by atoms with Gasteiger partial charge >= 0.3 is 5.97 Å². The van der Waals surface area contributed by atoms with Gasteiger partial charge in [0.1, 0.15) is 16.9 Å². The molecule has 0 spiro atoms. The highest BCUT2D eigenvalue weighted by Gasteiger charge is 2.23. The highest BCUT2D eigenvalue weighted by atomic mass is 32.1. The van der Waals surface area contributed by atoms with E-state index in [0.29, 0.717) is 21.8 Å². The SMILES string of the molecule is Cc1cc(C(=O)OCC(=O)Nc2sc3c(c2C#N)CCCC3)c(C)n1-c1ccc(F)cc1. The molecular weight excluding hydrogens is 429 g/mol. The molecule has 2 heterocycles. The Hall–Kier alpha value is -3.44. The number of fused-ring (bicyclic) bond motifs is 1. The number of ether oxygens (including phenoxy) is 1. The van der Waals surface area contributed by atoms with Crippen molar-refractivity contribution >= 4 is 28.2 Å². The van der Waals surface area contributed by atoms with Crippen molar-refractivity contribution in [1.29, 1.82) is 5.26 Å². The van der Waals surface area contributed by atoms with Crippen molar-refractivity contribution in [2.24, 2.45) is 0 Å². The maximum Gasteiger partial charge on any atom is 0.340 e. The molecule has 0 unspecified atom stereocenters. The highest BCUT2D eigenvalue weighted by Crippen LogP contribution is 2.37. The summed E-state index contributed by atoms with van der Waals surface area (Å²) in [7, 11) is 0. The minimum absolute atomic E-state index is 0.337. The number of nitrogens with one attached hydrogen (secondary N) is 1. The number of aromatic nitrogens is 1. The average Bonchev–Trinajstić information content (AvgIpc) is 3.28. The van der Waals surface area contributed by atoms with Gasteiger partial charge in [-0.1, -0.05) is 0 Å². The van der Waals surface area contributed by atoms with Gasteiger partial charge in [0.15, 0.2) is 6.61 Å². The zero-order valence-electron chi connectivity index (χ0n) is 17.8. The Bertz CT molecular complexity index is 1230. The van der Waals surface area contributed by atoms with Crippen molar-refractivity contribution in [2.45, 2.75) is 39.5 Å². The molecule has 1 N–H and O–H groups in total. The predicted octanol–water partition coefficient (Wildman–Crippen LogP) is 4.84. The van der Waals surface area contributed by atoms with Crippen LogP contribution in [0.3, 0.4) is 0 Å². The molecule has 8 heteroatoms. The standard InChI is InChI=1S/C24H22FN3O3S/c1-14-11-19(15(2)28(14)17-9-7-16(25)8-10-17)24(30)31-13-22(29)27-23-20(12-26)18-5-3-4-6-21(18)32-23/h7-11H,3-6,13H2,1-2H3,(H,27,29). The van der Waals surface area contributed by atoms with Crippen molar-refractivity contribution in [3.05, 3.63) is 69.1 Å². The summed E-state index contributed by atoms with van der Waals surface area (Å²) in [6.07, 6.45) is 3.89. The second kappa shape index (κ2) is 8.97. The lowest BCUT2D eigenvalue weighted by molar-refractivity contribution is -0.119. The Balaban J connectivity index is 1.44. The maximum atomic E-state index is 13.2. The van der Waals surface area contributed by atoms with Crippen molar-refractivity contribution in [1.82, 2.24) is 4.57 Å². The van der Waals surface area contributed by atoms with Gasteiger partial charge in [-0.2, -0.15) is 5.26 Å². The minimum atomic E-state index is -0.618. The van der Waals surface area contributed by atoms with E-state index in [0.717, 1.165) is 47.5 Å². The molecule has 0 saturated heterocycles. The fourth-order valence-corrected chi connectivity index (χ4v) is 5.36. The van der Waals surface area contributed by atoms with Crippen LogP contribution < -0.4 is 5.32 Å². The number of benzene rings is 1. The number of halogens is 1. The summed E-state index contributed by atoms with van der Waals surface area (Å²) in [5.41, 5.74) is 4.04. The van der Waals surface area contributed by atoms with E-state index in [9.17, 15) is 19.2 Å². The second-order valence-corrected chi connectivity index (χ2v) is 8.85. The maximum absolute atomic E-state index is 13.2. The first-order valence-corrected chi connectivity index (χ1v) is 11.2.